The number of hydrogen-bond donors (Lipinski definition) is 2. The molecule has 2 aliphatic heterocycles. The summed E-state index contributed by atoms with van der Waals surface area (Å²) in [7, 11) is -3.69. The molecule has 3 rings (SSSR count). The lowest BCUT2D eigenvalue weighted by molar-refractivity contribution is -0.138. The molecule has 27 heavy (non-hydrogen) atoms. The van der Waals surface area contributed by atoms with Gasteiger partial charge in [0.1, 0.15) is 5.82 Å². The van der Waals surface area contributed by atoms with Gasteiger partial charge in [-0.25, -0.2) is 17.5 Å². The number of benzene rings is 1. The summed E-state index contributed by atoms with van der Waals surface area (Å²) in [5, 5.41) is 3.35. The number of nitrogens with zero attached hydrogens (tertiary/aromatic N) is 1. The van der Waals surface area contributed by atoms with Gasteiger partial charge in [0.25, 0.3) is 0 Å². The Morgan fingerprint density at radius 3 is 2.44 bits per heavy atom. The van der Waals surface area contributed by atoms with Crippen molar-refractivity contribution < 1.29 is 17.6 Å². The van der Waals surface area contributed by atoms with E-state index < -0.39 is 15.8 Å². The van der Waals surface area contributed by atoms with Crippen LogP contribution in [0, 0.1) is 11.2 Å². The van der Waals surface area contributed by atoms with Crippen molar-refractivity contribution in [3.05, 3.63) is 30.1 Å². The molecule has 2 aliphatic rings. The fourth-order valence-electron chi connectivity index (χ4n) is 3.93. The first-order valence-corrected chi connectivity index (χ1v) is 11.0. The van der Waals surface area contributed by atoms with Gasteiger partial charge in [0.15, 0.2) is 0 Å². The molecule has 150 valence electrons. The molecule has 0 aromatic heterocycles. The van der Waals surface area contributed by atoms with E-state index in [-0.39, 0.29) is 28.3 Å². The first kappa shape index (κ1) is 20.2. The Kier molecular flexibility index (Phi) is 5.88. The Morgan fingerprint density at radius 2 is 1.85 bits per heavy atom. The van der Waals surface area contributed by atoms with Gasteiger partial charge < -0.3 is 10.2 Å². The monoisotopic (exact) mass is 397 g/mol. The van der Waals surface area contributed by atoms with Crippen LogP contribution >= 0.6 is 0 Å². The van der Waals surface area contributed by atoms with E-state index in [9.17, 15) is 17.6 Å². The number of nitrogens with one attached hydrogen (secondary N) is 2. The molecule has 1 aromatic rings. The van der Waals surface area contributed by atoms with Crippen LogP contribution in [-0.2, 0) is 14.8 Å². The third kappa shape index (κ3) is 4.67. The highest BCUT2D eigenvalue weighted by Gasteiger charge is 2.40. The van der Waals surface area contributed by atoms with E-state index >= 15 is 0 Å². The number of hydrogen-bond acceptors (Lipinski definition) is 4. The maximum absolute atomic E-state index is 13.0. The van der Waals surface area contributed by atoms with Gasteiger partial charge in [-0.2, -0.15) is 0 Å². The van der Waals surface area contributed by atoms with E-state index in [0.717, 1.165) is 31.5 Å². The highest BCUT2D eigenvalue weighted by atomic mass is 32.2. The molecule has 6 nitrogen and oxygen atoms in total. The molecule has 0 bridgehead atoms. The average Bonchev–Trinajstić information content (AvgIpc) is 2.61. The Balaban J connectivity index is 1.57. The van der Waals surface area contributed by atoms with E-state index in [1.807, 2.05) is 4.90 Å². The molecule has 0 radical (unpaired) electrons. The van der Waals surface area contributed by atoms with Gasteiger partial charge in [0, 0.05) is 19.1 Å². The summed E-state index contributed by atoms with van der Waals surface area (Å²) >= 11 is 0. The number of piperidine rings is 2. The Bertz CT molecular complexity index is 772. The minimum atomic E-state index is -3.69. The van der Waals surface area contributed by atoms with Crippen LogP contribution in [0.1, 0.15) is 39.5 Å². The summed E-state index contributed by atoms with van der Waals surface area (Å²) in [4.78, 5) is 14.8. The van der Waals surface area contributed by atoms with Crippen molar-refractivity contribution in [2.45, 2.75) is 56.5 Å². The van der Waals surface area contributed by atoms with Crippen molar-refractivity contribution in [2.75, 3.05) is 19.6 Å². The van der Waals surface area contributed by atoms with Gasteiger partial charge in [-0.3, -0.25) is 4.79 Å². The molecule has 8 heteroatoms. The standard InChI is InChI=1S/C19H28FN3O3S/c1-19(2)10-3-11-21-17(19)18(24)23-12-8-15(9-13-23)22-27(25,26)16-6-4-14(20)5-7-16/h4-7,15,17,21-22H,3,8-13H2,1-2H3. The molecule has 0 saturated carbocycles. The zero-order chi connectivity index (χ0) is 19.7. The molecule has 1 aromatic carbocycles. The number of likely N-dealkylation sites (tertiary alicyclic amines) is 1. The van der Waals surface area contributed by atoms with E-state index in [1.165, 1.54) is 12.1 Å². The van der Waals surface area contributed by atoms with Crippen LogP contribution in [0.2, 0.25) is 0 Å². The quantitative estimate of drug-likeness (QED) is 0.813. The van der Waals surface area contributed by atoms with Crippen molar-refractivity contribution in [3.8, 4) is 0 Å². The predicted molar refractivity (Wildman–Crippen MR) is 101 cm³/mol. The third-order valence-corrected chi connectivity index (χ3v) is 7.16. The molecule has 0 aliphatic carbocycles. The minimum Gasteiger partial charge on any atom is -0.341 e. The van der Waals surface area contributed by atoms with Gasteiger partial charge in [-0.1, -0.05) is 13.8 Å². The van der Waals surface area contributed by atoms with Crippen LogP contribution in [-0.4, -0.2) is 50.9 Å². The van der Waals surface area contributed by atoms with Gasteiger partial charge in [0.2, 0.25) is 15.9 Å². The average molecular weight is 398 g/mol. The summed E-state index contributed by atoms with van der Waals surface area (Å²) in [5.41, 5.74) is -0.0731. The number of amides is 1. The SMILES string of the molecule is CC1(C)CCCNC1C(=O)N1CCC(NS(=O)(=O)c2ccc(F)cc2)CC1. The van der Waals surface area contributed by atoms with Crippen LogP contribution in [0.4, 0.5) is 4.39 Å². The van der Waals surface area contributed by atoms with E-state index in [2.05, 4.69) is 23.9 Å². The third-order valence-electron chi connectivity index (χ3n) is 5.63. The summed E-state index contributed by atoms with van der Waals surface area (Å²) in [6.45, 7) is 6.15. The first-order chi connectivity index (χ1) is 12.7. The van der Waals surface area contributed by atoms with Crippen molar-refractivity contribution >= 4 is 15.9 Å². The molecular weight excluding hydrogens is 369 g/mol. The molecule has 0 spiro atoms. The number of halogens is 1. The Hall–Kier alpha value is -1.51. The Morgan fingerprint density at radius 1 is 1.22 bits per heavy atom. The predicted octanol–water partition coefficient (Wildman–Crippen LogP) is 1.87. The molecule has 1 atom stereocenters. The van der Waals surface area contributed by atoms with Gasteiger partial charge in [-0.05, 0) is 61.9 Å². The number of rotatable bonds is 4. The molecule has 2 heterocycles. The minimum absolute atomic E-state index is 0.0514. The van der Waals surface area contributed by atoms with Crippen LogP contribution in [0.25, 0.3) is 0 Å². The fourth-order valence-corrected chi connectivity index (χ4v) is 5.24. The lowest BCUT2D eigenvalue weighted by atomic mass is 9.77. The zero-order valence-electron chi connectivity index (χ0n) is 15.9. The molecule has 1 amide bonds. The summed E-state index contributed by atoms with van der Waals surface area (Å²) in [6.07, 6.45) is 3.23. The smallest absolute Gasteiger partial charge is 0.240 e. The first-order valence-electron chi connectivity index (χ1n) is 9.49. The van der Waals surface area contributed by atoms with Crippen LogP contribution in [0.3, 0.4) is 0 Å². The van der Waals surface area contributed by atoms with E-state index in [1.54, 1.807) is 0 Å². The van der Waals surface area contributed by atoms with Crippen LogP contribution in [0.15, 0.2) is 29.2 Å². The topological polar surface area (TPSA) is 78.5 Å². The molecular formula is C19H28FN3O3S. The molecule has 2 N–H and O–H groups in total. The lowest BCUT2D eigenvalue weighted by Gasteiger charge is -2.42. The lowest BCUT2D eigenvalue weighted by Crippen LogP contribution is -2.58. The van der Waals surface area contributed by atoms with E-state index in [0.29, 0.717) is 25.9 Å². The maximum Gasteiger partial charge on any atom is 0.240 e. The van der Waals surface area contributed by atoms with Crippen LogP contribution in [0.5, 0.6) is 0 Å². The summed E-state index contributed by atoms with van der Waals surface area (Å²) < 4.78 is 40.6. The fraction of sp³-hybridized carbons (Fsp3) is 0.632. The molecule has 2 fully saturated rings. The highest BCUT2D eigenvalue weighted by Crippen LogP contribution is 2.31. The maximum atomic E-state index is 13.0. The summed E-state index contributed by atoms with van der Waals surface area (Å²) in [6, 6.07) is 4.37. The second kappa shape index (κ2) is 7.85. The van der Waals surface area contributed by atoms with Crippen molar-refractivity contribution in [3.63, 3.8) is 0 Å². The van der Waals surface area contributed by atoms with Crippen molar-refractivity contribution in [1.29, 1.82) is 0 Å². The summed E-state index contributed by atoms with van der Waals surface area (Å²) in [5.74, 6) is -0.362. The zero-order valence-corrected chi connectivity index (χ0v) is 16.7. The number of sulfonamides is 1. The van der Waals surface area contributed by atoms with Crippen molar-refractivity contribution in [2.24, 2.45) is 5.41 Å². The van der Waals surface area contributed by atoms with Crippen molar-refractivity contribution in [1.82, 2.24) is 14.9 Å². The second-order valence-electron chi connectivity index (χ2n) is 8.15. The normalized spacial score (nSPS) is 24.0. The van der Waals surface area contributed by atoms with Gasteiger partial charge in [0.05, 0.1) is 10.9 Å². The largest absolute Gasteiger partial charge is 0.341 e. The molecule has 1 unspecified atom stereocenters. The van der Waals surface area contributed by atoms with Gasteiger partial charge in [-0.15, -0.1) is 0 Å². The van der Waals surface area contributed by atoms with Crippen LogP contribution < -0.4 is 10.0 Å². The Labute approximate surface area is 160 Å². The molecule has 2 saturated heterocycles. The number of carbonyl (C=O) groups is 1. The number of carbonyl (C=O) groups excluding carboxylic acids is 1. The highest BCUT2D eigenvalue weighted by molar-refractivity contribution is 7.89. The van der Waals surface area contributed by atoms with E-state index in [4.69, 9.17) is 0 Å². The second-order valence-corrected chi connectivity index (χ2v) is 9.87. The van der Waals surface area contributed by atoms with Gasteiger partial charge >= 0.3 is 0 Å².